The molecule has 0 unspecified atom stereocenters. The fourth-order valence-electron chi connectivity index (χ4n) is 1.76. The van der Waals surface area contributed by atoms with Gasteiger partial charge < -0.3 is 15.0 Å². The van der Waals surface area contributed by atoms with Crippen molar-refractivity contribution in [2.75, 3.05) is 20.1 Å². The number of pyridine rings is 1. The molecule has 0 fully saturated rings. The van der Waals surface area contributed by atoms with E-state index >= 15 is 0 Å². The number of hydrogen-bond donors (Lipinski definition) is 2. The quantitative estimate of drug-likeness (QED) is 0.847. The molecule has 5 nitrogen and oxygen atoms in total. The van der Waals surface area contributed by atoms with Gasteiger partial charge in [-0.25, -0.2) is 4.98 Å². The number of rotatable bonds is 6. The Balaban J connectivity index is 0.00000180. The van der Waals surface area contributed by atoms with Crippen LogP contribution in [-0.2, 0) is 11.2 Å². The highest BCUT2D eigenvalue weighted by molar-refractivity contribution is 5.85. The first-order valence-electron chi connectivity index (χ1n) is 6.13. The van der Waals surface area contributed by atoms with Gasteiger partial charge in [-0.2, -0.15) is 0 Å². The van der Waals surface area contributed by atoms with E-state index in [1.807, 2.05) is 42.0 Å². The Morgan fingerprint density at radius 2 is 2.10 bits per heavy atom. The number of nitrogens with zero attached hydrogens (tertiary/aromatic N) is 2. The van der Waals surface area contributed by atoms with E-state index < -0.39 is 0 Å². The second kappa shape index (κ2) is 9.58. The first-order chi connectivity index (χ1) is 8.79. The topological polar surface area (TPSA) is 58.4 Å². The van der Waals surface area contributed by atoms with Crippen LogP contribution in [0.15, 0.2) is 30.6 Å². The molecule has 20 heavy (non-hydrogen) atoms. The van der Waals surface area contributed by atoms with E-state index in [4.69, 9.17) is 0 Å². The number of imidazole rings is 1. The minimum absolute atomic E-state index is 0. The van der Waals surface area contributed by atoms with Gasteiger partial charge in [0.1, 0.15) is 5.65 Å². The number of halogens is 2. The molecule has 0 aromatic carbocycles. The van der Waals surface area contributed by atoms with E-state index in [-0.39, 0.29) is 30.7 Å². The van der Waals surface area contributed by atoms with Crippen LogP contribution in [0.1, 0.15) is 12.1 Å². The highest BCUT2D eigenvalue weighted by atomic mass is 35.5. The molecule has 7 heteroatoms. The Bertz CT molecular complexity index is 497. The second-order valence-corrected chi connectivity index (χ2v) is 4.15. The van der Waals surface area contributed by atoms with Gasteiger partial charge in [0.15, 0.2) is 0 Å². The molecule has 0 aliphatic carbocycles. The summed E-state index contributed by atoms with van der Waals surface area (Å²) in [4.78, 5) is 15.9. The largest absolute Gasteiger partial charge is 0.356 e. The lowest BCUT2D eigenvalue weighted by Crippen LogP contribution is -2.28. The summed E-state index contributed by atoms with van der Waals surface area (Å²) in [7, 11) is 1.84. The molecule has 2 aromatic rings. The van der Waals surface area contributed by atoms with E-state index in [0.29, 0.717) is 19.5 Å². The molecular weight excluding hydrogens is 299 g/mol. The summed E-state index contributed by atoms with van der Waals surface area (Å²) in [5.41, 5.74) is 1.93. The molecule has 1 amide bonds. The SMILES string of the molecule is CNCCC(=O)NCCc1cn2ccccc2n1.Cl.Cl. The van der Waals surface area contributed by atoms with Crippen LogP contribution < -0.4 is 10.6 Å². The molecule has 0 saturated heterocycles. The van der Waals surface area contributed by atoms with Crippen LogP contribution in [0, 0.1) is 0 Å². The third-order valence-corrected chi connectivity index (χ3v) is 2.72. The van der Waals surface area contributed by atoms with Crippen LogP contribution in [0.5, 0.6) is 0 Å². The number of aromatic nitrogens is 2. The maximum atomic E-state index is 11.4. The fraction of sp³-hybridized carbons (Fsp3) is 0.385. The molecule has 2 rings (SSSR count). The first kappa shape index (κ1) is 18.7. The maximum Gasteiger partial charge on any atom is 0.221 e. The predicted molar refractivity (Wildman–Crippen MR) is 84.9 cm³/mol. The van der Waals surface area contributed by atoms with E-state index in [1.54, 1.807) is 0 Å². The van der Waals surface area contributed by atoms with Gasteiger partial charge in [-0.3, -0.25) is 4.79 Å². The molecule has 0 spiro atoms. The van der Waals surface area contributed by atoms with Gasteiger partial charge in [-0.15, -0.1) is 24.8 Å². The van der Waals surface area contributed by atoms with Crippen molar-refractivity contribution in [1.82, 2.24) is 20.0 Å². The van der Waals surface area contributed by atoms with E-state index in [1.165, 1.54) is 0 Å². The second-order valence-electron chi connectivity index (χ2n) is 4.15. The maximum absolute atomic E-state index is 11.4. The molecule has 0 saturated carbocycles. The zero-order chi connectivity index (χ0) is 12.8. The summed E-state index contributed by atoms with van der Waals surface area (Å²) in [6.45, 7) is 1.34. The Morgan fingerprint density at radius 1 is 1.30 bits per heavy atom. The van der Waals surface area contributed by atoms with Gasteiger partial charge in [0.2, 0.25) is 5.91 Å². The molecule has 112 valence electrons. The number of hydrogen-bond acceptors (Lipinski definition) is 3. The smallest absolute Gasteiger partial charge is 0.221 e. The Hall–Kier alpha value is -1.30. The van der Waals surface area contributed by atoms with Gasteiger partial charge in [-0.05, 0) is 19.2 Å². The van der Waals surface area contributed by atoms with Crippen molar-refractivity contribution in [2.24, 2.45) is 0 Å². The average molecular weight is 319 g/mol. The molecule has 0 atom stereocenters. The van der Waals surface area contributed by atoms with Gasteiger partial charge in [0.05, 0.1) is 5.69 Å². The molecule has 2 N–H and O–H groups in total. The van der Waals surface area contributed by atoms with Crippen molar-refractivity contribution in [3.8, 4) is 0 Å². The van der Waals surface area contributed by atoms with Crippen LogP contribution in [0.25, 0.3) is 5.65 Å². The Kier molecular flexibility index (Phi) is 8.96. The highest BCUT2D eigenvalue weighted by Gasteiger charge is 2.02. The van der Waals surface area contributed by atoms with Crippen molar-refractivity contribution >= 4 is 36.4 Å². The minimum atomic E-state index is 0. The number of nitrogens with one attached hydrogen (secondary N) is 2. The minimum Gasteiger partial charge on any atom is -0.356 e. The Labute approximate surface area is 131 Å². The van der Waals surface area contributed by atoms with E-state index in [2.05, 4.69) is 15.6 Å². The van der Waals surface area contributed by atoms with Crippen LogP contribution in [0.4, 0.5) is 0 Å². The zero-order valence-electron chi connectivity index (χ0n) is 11.3. The van der Waals surface area contributed by atoms with Gasteiger partial charge in [0.25, 0.3) is 0 Å². The molecule has 0 aliphatic heterocycles. The van der Waals surface area contributed by atoms with Crippen LogP contribution in [-0.4, -0.2) is 35.4 Å². The number of amides is 1. The van der Waals surface area contributed by atoms with Crippen LogP contribution >= 0.6 is 24.8 Å². The molecule has 0 radical (unpaired) electrons. The van der Waals surface area contributed by atoms with Crippen LogP contribution in [0.2, 0.25) is 0 Å². The van der Waals surface area contributed by atoms with Crippen molar-refractivity contribution in [1.29, 1.82) is 0 Å². The van der Waals surface area contributed by atoms with Gasteiger partial charge in [0, 0.05) is 38.3 Å². The predicted octanol–water partition coefficient (Wildman–Crippen LogP) is 1.45. The lowest BCUT2D eigenvalue weighted by Gasteiger charge is -2.02. The summed E-state index contributed by atoms with van der Waals surface area (Å²) >= 11 is 0. The average Bonchev–Trinajstić information content (AvgIpc) is 2.79. The summed E-state index contributed by atoms with van der Waals surface area (Å²) in [5.74, 6) is 0.0770. The first-order valence-corrected chi connectivity index (χ1v) is 6.13. The molecule has 0 aliphatic rings. The fourth-order valence-corrected chi connectivity index (χ4v) is 1.76. The van der Waals surface area contributed by atoms with E-state index in [9.17, 15) is 4.79 Å². The standard InChI is InChI=1S/C13H18N4O.2ClH/c1-14-7-6-13(18)15-8-5-11-10-17-9-3-2-4-12(17)16-11;;/h2-4,9-10,14H,5-8H2,1H3,(H,15,18);2*1H. The summed E-state index contributed by atoms with van der Waals surface area (Å²) < 4.78 is 1.98. The Morgan fingerprint density at radius 3 is 2.80 bits per heavy atom. The van der Waals surface area contributed by atoms with Crippen molar-refractivity contribution in [3.63, 3.8) is 0 Å². The molecule has 2 heterocycles. The number of carbonyl (C=O) groups is 1. The molecule has 0 bridgehead atoms. The van der Waals surface area contributed by atoms with Crippen molar-refractivity contribution in [3.05, 3.63) is 36.3 Å². The summed E-state index contributed by atoms with van der Waals surface area (Å²) in [6, 6.07) is 5.90. The van der Waals surface area contributed by atoms with Crippen molar-refractivity contribution < 1.29 is 4.79 Å². The van der Waals surface area contributed by atoms with Crippen LogP contribution in [0.3, 0.4) is 0 Å². The molecular formula is C13H20Cl2N4O. The lowest BCUT2D eigenvalue weighted by molar-refractivity contribution is -0.120. The zero-order valence-corrected chi connectivity index (χ0v) is 13.0. The summed E-state index contributed by atoms with van der Waals surface area (Å²) in [5, 5.41) is 5.83. The normalized spacial score (nSPS) is 9.65. The third-order valence-electron chi connectivity index (χ3n) is 2.72. The monoisotopic (exact) mass is 318 g/mol. The molecule has 2 aromatic heterocycles. The van der Waals surface area contributed by atoms with Gasteiger partial charge in [-0.1, -0.05) is 6.07 Å². The third kappa shape index (κ3) is 5.36. The van der Waals surface area contributed by atoms with Crippen molar-refractivity contribution in [2.45, 2.75) is 12.8 Å². The number of carbonyl (C=O) groups excluding carboxylic acids is 1. The summed E-state index contributed by atoms with van der Waals surface area (Å²) in [6.07, 6.45) is 5.24. The van der Waals surface area contributed by atoms with E-state index in [0.717, 1.165) is 17.8 Å². The lowest BCUT2D eigenvalue weighted by atomic mass is 10.3. The number of fused-ring (bicyclic) bond motifs is 1. The highest BCUT2D eigenvalue weighted by Crippen LogP contribution is 2.04. The van der Waals surface area contributed by atoms with Gasteiger partial charge >= 0.3 is 0 Å².